The number of hydrogen-bond donors (Lipinski definition) is 0. The van der Waals surface area contributed by atoms with Gasteiger partial charge in [0.05, 0.1) is 0 Å². The third-order valence-electron chi connectivity index (χ3n) is 1.44. The second-order valence-corrected chi connectivity index (χ2v) is 2.76. The first-order chi connectivity index (χ1) is 5.24. The van der Waals surface area contributed by atoms with Gasteiger partial charge in [-0.05, 0) is 35.2 Å². The Kier molecular flexibility index (Phi) is 2.83. The van der Waals surface area contributed by atoms with Gasteiger partial charge >= 0.3 is 0 Å². The van der Waals surface area contributed by atoms with E-state index >= 15 is 0 Å². The summed E-state index contributed by atoms with van der Waals surface area (Å²) >= 11 is 3.19. The third-order valence-corrected chi connectivity index (χ3v) is 2.13. The topological polar surface area (TPSA) is 0 Å². The van der Waals surface area contributed by atoms with E-state index in [-0.39, 0.29) is 5.82 Å². The van der Waals surface area contributed by atoms with Crippen LogP contribution in [-0.4, -0.2) is 0 Å². The zero-order valence-corrected chi connectivity index (χ0v) is 7.73. The zero-order valence-electron chi connectivity index (χ0n) is 6.14. The van der Waals surface area contributed by atoms with E-state index in [1.165, 1.54) is 12.1 Å². The number of halogens is 2. The molecule has 1 aromatic rings. The van der Waals surface area contributed by atoms with Crippen LogP contribution in [0.5, 0.6) is 0 Å². The van der Waals surface area contributed by atoms with Crippen LogP contribution < -0.4 is 0 Å². The van der Waals surface area contributed by atoms with Crippen LogP contribution in [0.2, 0.25) is 0 Å². The molecule has 0 aliphatic carbocycles. The summed E-state index contributed by atoms with van der Waals surface area (Å²) in [6.07, 6.45) is 0. The first-order valence-electron chi connectivity index (χ1n) is 3.27. The Bertz CT molecular complexity index is 279. The van der Waals surface area contributed by atoms with E-state index < -0.39 is 0 Å². The molecule has 1 rings (SSSR count). The van der Waals surface area contributed by atoms with Crippen LogP contribution in [0.3, 0.4) is 0 Å². The summed E-state index contributed by atoms with van der Waals surface area (Å²) in [4.78, 5) is 1.78. The zero-order chi connectivity index (χ0) is 8.27. The van der Waals surface area contributed by atoms with Crippen molar-refractivity contribution < 1.29 is 4.39 Å². The Morgan fingerprint density at radius 2 is 2.27 bits per heavy atom. The van der Waals surface area contributed by atoms with Crippen molar-refractivity contribution in [1.82, 2.24) is 0 Å². The largest absolute Gasteiger partial charge is 0.207 e. The van der Waals surface area contributed by atoms with Gasteiger partial charge in [-0.15, -0.1) is 0 Å². The van der Waals surface area contributed by atoms with E-state index in [0.717, 1.165) is 11.1 Å². The van der Waals surface area contributed by atoms with Crippen molar-refractivity contribution in [2.45, 2.75) is 6.92 Å². The van der Waals surface area contributed by atoms with Crippen LogP contribution >= 0.6 is 15.9 Å². The predicted molar refractivity (Wildman–Crippen MR) is 49.0 cm³/mol. The summed E-state index contributed by atoms with van der Waals surface area (Å²) < 4.78 is 12.6. The maximum absolute atomic E-state index is 12.6. The van der Waals surface area contributed by atoms with Crippen LogP contribution in [0.15, 0.2) is 29.3 Å². The van der Waals surface area contributed by atoms with Crippen LogP contribution in [0.1, 0.15) is 12.5 Å². The van der Waals surface area contributed by atoms with Crippen LogP contribution in [0.4, 0.5) is 4.39 Å². The van der Waals surface area contributed by atoms with Gasteiger partial charge in [-0.1, -0.05) is 28.1 Å². The van der Waals surface area contributed by atoms with Crippen molar-refractivity contribution in [2.24, 2.45) is 0 Å². The molecule has 0 bridgehead atoms. The fourth-order valence-electron chi connectivity index (χ4n) is 0.797. The summed E-state index contributed by atoms with van der Waals surface area (Å²) in [5.74, 6) is -0.198. The molecule has 0 atom stereocenters. The van der Waals surface area contributed by atoms with Gasteiger partial charge < -0.3 is 0 Å². The summed E-state index contributed by atoms with van der Waals surface area (Å²) in [6, 6.07) is 6.51. The first-order valence-corrected chi connectivity index (χ1v) is 4.18. The van der Waals surface area contributed by atoms with Crippen molar-refractivity contribution >= 4 is 21.5 Å². The van der Waals surface area contributed by atoms with E-state index in [9.17, 15) is 4.39 Å². The molecule has 0 saturated carbocycles. The quantitative estimate of drug-likeness (QED) is 0.671. The number of rotatable bonds is 1. The van der Waals surface area contributed by atoms with Gasteiger partial charge in [0.2, 0.25) is 0 Å². The van der Waals surface area contributed by atoms with E-state index in [0.29, 0.717) is 0 Å². The molecule has 0 N–H and O–H groups in total. The molecule has 0 fully saturated rings. The lowest BCUT2D eigenvalue weighted by molar-refractivity contribution is 0.627. The Balaban J connectivity index is 3.06. The van der Waals surface area contributed by atoms with Gasteiger partial charge in [0.1, 0.15) is 5.82 Å². The van der Waals surface area contributed by atoms with Gasteiger partial charge in [0.25, 0.3) is 0 Å². The average Bonchev–Trinajstić information content (AvgIpc) is 2.03. The number of hydrogen-bond acceptors (Lipinski definition) is 0. The standard InChI is InChI=1S/C9H8BrF/c1-7(6-10)8-3-2-4-9(11)5-8/h2-6H,1H3/b7-6+. The van der Waals surface area contributed by atoms with Crippen molar-refractivity contribution in [1.29, 1.82) is 0 Å². The lowest BCUT2D eigenvalue weighted by Gasteiger charge is -1.98. The minimum Gasteiger partial charge on any atom is -0.207 e. The van der Waals surface area contributed by atoms with Gasteiger partial charge in [-0.2, -0.15) is 0 Å². The molecule has 0 heterocycles. The highest BCUT2D eigenvalue weighted by molar-refractivity contribution is 9.11. The van der Waals surface area contributed by atoms with E-state index in [4.69, 9.17) is 0 Å². The highest BCUT2D eigenvalue weighted by atomic mass is 79.9. The van der Waals surface area contributed by atoms with Crippen LogP contribution in [-0.2, 0) is 0 Å². The third kappa shape index (κ3) is 2.15. The van der Waals surface area contributed by atoms with Gasteiger partial charge in [0.15, 0.2) is 0 Å². The second-order valence-electron chi connectivity index (χ2n) is 2.30. The Morgan fingerprint density at radius 1 is 1.55 bits per heavy atom. The average molecular weight is 215 g/mol. The molecule has 0 unspecified atom stereocenters. The van der Waals surface area contributed by atoms with Crippen LogP contribution in [0, 0.1) is 5.82 Å². The highest BCUT2D eigenvalue weighted by Gasteiger charge is 1.95. The van der Waals surface area contributed by atoms with Crippen molar-refractivity contribution in [3.63, 3.8) is 0 Å². The molecule has 0 nitrogen and oxygen atoms in total. The minimum atomic E-state index is -0.198. The number of allylic oxidation sites excluding steroid dienone is 1. The predicted octanol–water partition coefficient (Wildman–Crippen LogP) is 3.58. The summed E-state index contributed by atoms with van der Waals surface area (Å²) in [7, 11) is 0. The molecule has 0 aliphatic rings. The smallest absolute Gasteiger partial charge is 0.123 e. The van der Waals surface area contributed by atoms with E-state index in [2.05, 4.69) is 15.9 Å². The molecular weight excluding hydrogens is 207 g/mol. The minimum absolute atomic E-state index is 0.198. The van der Waals surface area contributed by atoms with Gasteiger partial charge in [-0.3, -0.25) is 0 Å². The first kappa shape index (κ1) is 8.47. The molecule has 11 heavy (non-hydrogen) atoms. The molecular formula is C9H8BrF. The molecule has 0 spiro atoms. The molecule has 0 radical (unpaired) electrons. The SMILES string of the molecule is C/C(=C\Br)c1cccc(F)c1. The van der Waals surface area contributed by atoms with Crippen molar-refractivity contribution in [2.75, 3.05) is 0 Å². The van der Waals surface area contributed by atoms with Crippen LogP contribution in [0.25, 0.3) is 5.57 Å². The molecule has 2 heteroatoms. The summed E-state index contributed by atoms with van der Waals surface area (Å²) in [5.41, 5.74) is 1.92. The fourth-order valence-corrected chi connectivity index (χ4v) is 1.06. The monoisotopic (exact) mass is 214 g/mol. The molecule has 0 saturated heterocycles. The highest BCUT2D eigenvalue weighted by Crippen LogP contribution is 2.15. The summed E-state index contributed by atoms with van der Waals surface area (Å²) in [5, 5.41) is 0. The normalized spacial score (nSPS) is 11.7. The Labute approximate surface area is 73.9 Å². The molecule has 1 aromatic carbocycles. The van der Waals surface area contributed by atoms with Crippen molar-refractivity contribution in [3.05, 3.63) is 40.6 Å². The van der Waals surface area contributed by atoms with E-state index in [1.807, 2.05) is 13.0 Å². The fraction of sp³-hybridized carbons (Fsp3) is 0.111. The lowest BCUT2D eigenvalue weighted by Crippen LogP contribution is -1.79. The molecule has 0 aliphatic heterocycles. The maximum Gasteiger partial charge on any atom is 0.123 e. The van der Waals surface area contributed by atoms with Gasteiger partial charge in [0, 0.05) is 0 Å². The Hall–Kier alpha value is -0.630. The van der Waals surface area contributed by atoms with Crippen molar-refractivity contribution in [3.8, 4) is 0 Å². The van der Waals surface area contributed by atoms with E-state index in [1.54, 1.807) is 11.1 Å². The molecule has 0 amide bonds. The second kappa shape index (κ2) is 3.67. The van der Waals surface area contributed by atoms with Gasteiger partial charge in [-0.25, -0.2) is 4.39 Å². The Morgan fingerprint density at radius 3 is 2.82 bits per heavy atom. The molecule has 58 valence electrons. The lowest BCUT2D eigenvalue weighted by atomic mass is 10.1. The molecule has 0 aromatic heterocycles. The maximum atomic E-state index is 12.6. The number of benzene rings is 1. The summed E-state index contributed by atoms with van der Waals surface area (Å²) in [6.45, 7) is 1.92.